The number of ketones is 1. The minimum Gasteiger partial charge on any atom is -0.456 e. The van der Waals surface area contributed by atoms with Gasteiger partial charge < -0.3 is 9.15 Å². The summed E-state index contributed by atoms with van der Waals surface area (Å²) in [5.74, 6) is 0.376. The van der Waals surface area contributed by atoms with Gasteiger partial charge in [-0.3, -0.25) is 9.59 Å². The minimum absolute atomic E-state index is 0.0169. The van der Waals surface area contributed by atoms with Gasteiger partial charge in [-0.1, -0.05) is 48.0 Å². The summed E-state index contributed by atoms with van der Waals surface area (Å²) in [6.07, 6.45) is 1.92. The van der Waals surface area contributed by atoms with Crippen LogP contribution in [-0.4, -0.2) is 19.0 Å². The summed E-state index contributed by atoms with van der Waals surface area (Å²) in [5, 5.41) is 0.467. The number of carbonyl (C=O) groups is 1. The third-order valence-corrected chi connectivity index (χ3v) is 4.32. The van der Waals surface area contributed by atoms with Crippen molar-refractivity contribution < 1.29 is 13.9 Å². The van der Waals surface area contributed by atoms with Crippen molar-refractivity contribution in [2.24, 2.45) is 0 Å². The number of Topliss-reactive ketones (excluding diaryl/α,β-unsaturated/α-hetero) is 1. The molecule has 1 heterocycles. The Labute approximate surface area is 158 Å². The molecule has 27 heavy (non-hydrogen) atoms. The van der Waals surface area contributed by atoms with Crippen LogP contribution in [0.15, 0.2) is 69.4 Å². The Kier molecular flexibility index (Phi) is 5.67. The molecule has 0 aliphatic carbocycles. The van der Waals surface area contributed by atoms with E-state index in [0.717, 1.165) is 11.1 Å². The van der Waals surface area contributed by atoms with E-state index < -0.39 is 0 Å². The molecular formula is C23H22O4. The Bertz CT molecular complexity index is 1050. The Morgan fingerprint density at radius 1 is 1.11 bits per heavy atom. The van der Waals surface area contributed by atoms with Crippen LogP contribution < -0.4 is 5.43 Å². The van der Waals surface area contributed by atoms with Gasteiger partial charge >= 0.3 is 0 Å². The van der Waals surface area contributed by atoms with E-state index in [1.807, 2.05) is 50.3 Å². The second kappa shape index (κ2) is 8.14. The molecule has 0 aliphatic heterocycles. The predicted octanol–water partition coefficient (Wildman–Crippen LogP) is 4.93. The number of rotatable bonds is 6. The molecule has 0 N–H and O–H groups in total. The molecule has 3 aromatic rings. The molecule has 1 aromatic heterocycles. The highest BCUT2D eigenvalue weighted by atomic mass is 16.5. The Balaban J connectivity index is 1.95. The Hall–Kier alpha value is -2.98. The Morgan fingerprint density at radius 3 is 2.56 bits per heavy atom. The van der Waals surface area contributed by atoms with Crippen LogP contribution >= 0.6 is 0 Å². The lowest BCUT2D eigenvalue weighted by Crippen LogP contribution is -2.11. The fraction of sp³-hybridized carbons (Fsp3) is 0.217. The molecule has 0 unspecified atom stereocenters. The normalized spacial score (nSPS) is 10.8. The van der Waals surface area contributed by atoms with Gasteiger partial charge in [-0.2, -0.15) is 0 Å². The number of fused-ring (bicyclic) bond motifs is 1. The Morgan fingerprint density at radius 2 is 1.85 bits per heavy atom. The molecule has 0 atom stereocenters. The molecule has 0 saturated carbocycles. The minimum atomic E-state index is -0.149. The first-order valence-electron chi connectivity index (χ1n) is 8.84. The fourth-order valence-corrected chi connectivity index (χ4v) is 2.78. The molecule has 0 saturated heterocycles. The highest BCUT2D eigenvalue weighted by molar-refractivity contribution is 6.00. The largest absolute Gasteiger partial charge is 0.456 e. The van der Waals surface area contributed by atoms with Crippen molar-refractivity contribution in [3.8, 4) is 11.3 Å². The zero-order chi connectivity index (χ0) is 19.4. The van der Waals surface area contributed by atoms with Gasteiger partial charge in [0.2, 0.25) is 0 Å². The average molecular weight is 362 g/mol. The highest BCUT2D eigenvalue weighted by Crippen LogP contribution is 2.26. The maximum absolute atomic E-state index is 12.7. The van der Waals surface area contributed by atoms with E-state index in [1.165, 1.54) is 0 Å². The third kappa shape index (κ3) is 4.23. The van der Waals surface area contributed by atoms with Crippen LogP contribution in [0, 0.1) is 6.92 Å². The second-order valence-corrected chi connectivity index (χ2v) is 6.68. The molecule has 0 bridgehead atoms. The third-order valence-electron chi connectivity index (χ3n) is 4.32. The van der Waals surface area contributed by atoms with Gasteiger partial charge in [0.15, 0.2) is 11.2 Å². The molecule has 3 rings (SSSR count). The fourth-order valence-electron chi connectivity index (χ4n) is 2.78. The van der Waals surface area contributed by atoms with Crippen LogP contribution in [0.2, 0.25) is 0 Å². The van der Waals surface area contributed by atoms with Crippen LogP contribution in [0.5, 0.6) is 0 Å². The van der Waals surface area contributed by atoms with Crippen LogP contribution in [-0.2, 0) is 4.74 Å². The predicted molar refractivity (Wildman–Crippen MR) is 107 cm³/mol. The summed E-state index contributed by atoms with van der Waals surface area (Å²) in [4.78, 5) is 25.1. The van der Waals surface area contributed by atoms with Crippen LogP contribution in [0.1, 0.15) is 29.8 Å². The summed E-state index contributed by atoms with van der Waals surface area (Å²) in [5.41, 5.74) is 3.30. The lowest BCUT2D eigenvalue weighted by molar-refractivity contribution is 0.0805. The molecular weight excluding hydrogens is 340 g/mol. The first kappa shape index (κ1) is 18.8. The lowest BCUT2D eigenvalue weighted by Gasteiger charge is -2.08. The van der Waals surface area contributed by atoms with Gasteiger partial charge in [-0.25, -0.2) is 0 Å². The molecule has 0 aliphatic rings. The maximum atomic E-state index is 12.7. The van der Waals surface area contributed by atoms with Gasteiger partial charge in [0, 0.05) is 16.7 Å². The monoisotopic (exact) mass is 362 g/mol. The van der Waals surface area contributed by atoms with Gasteiger partial charge in [0.25, 0.3) is 0 Å². The zero-order valence-electron chi connectivity index (χ0n) is 15.7. The molecule has 138 valence electrons. The number of ether oxygens (including phenoxy) is 1. The first-order valence-corrected chi connectivity index (χ1v) is 8.84. The van der Waals surface area contributed by atoms with Gasteiger partial charge in [0.1, 0.15) is 18.0 Å². The standard InChI is InChI=1S/C23H22O4/c1-15(2)11-12-26-14-20(24)18-9-10-19-21(13-18)27-23(16(3)22(19)25)17-7-5-4-6-8-17/h4-11,13H,12,14H2,1-3H3. The summed E-state index contributed by atoms with van der Waals surface area (Å²) in [6.45, 7) is 6.08. The molecule has 4 heteroatoms. The lowest BCUT2D eigenvalue weighted by atomic mass is 10.0. The smallest absolute Gasteiger partial charge is 0.196 e. The van der Waals surface area contributed by atoms with E-state index in [1.54, 1.807) is 25.1 Å². The van der Waals surface area contributed by atoms with Gasteiger partial charge in [-0.05, 0) is 32.9 Å². The summed E-state index contributed by atoms with van der Waals surface area (Å²) in [6, 6.07) is 14.4. The number of carbonyl (C=O) groups excluding carboxylic acids is 1. The van der Waals surface area contributed by atoms with E-state index >= 15 is 0 Å². The quantitative estimate of drug-likeness (QED) is 0.354. The SMILES string of the molecule is CC(C)=CCOCC(=O)c1ccc2c(=O)c(C)c(-c3ccccc3)oc2c1. The van der Waals surface area contributed by atoms with E-state index in [9.17, 15) is 9.59 Å². The summed E-state index contributed by atoms with van der Waals surface area (Å²) >= 11 is 0. The molecule has 0 amide bonds. The van der Waals surface area contributed by atoms with Crippen LogP contribution in [0.25, 0.3) is 22.3 Å². The van der Waals surface area contributed by atoms with Crippen molar-refractivity contribution in [3.63, 3.8) is 0 Å². The topological polar surface area (TPSA) is 56.5 Å². The number of hydrogen-bond donors (Lipinski definition) is 0. The van der Waals surface area contributed by atoms with E-state index in [2.05, 4.69) is 0 Å². The number of benzene rings is 2. The number of allylic oxidation sites excluding steroid dienone is 1. The summed E-state index contributed by atoms with van der Waals surface area (Å²) < 4.78 is 11.4. The van der Waals surface area contributed by atoms with Crippen LogP contribution in [0.3, 0.4) is 0 Å². The molecule has 4 nitrogen and oxygen atoms in total. The summed E-state index contributed by atoms with van der Waals surface area (Å²) in [7, 11) is 0. The average Bonchev–Trinajstić information content (AvgIpc) is 2.68. The first-order chi connectivity index (χ1) is 13.0. The van der Waals surface area contributed by atoms with Gasteiger partial charge in [-0.15, -0.1) is 0 Å². The van der Waals surface area contributed by atoms with Crippen molar-refractivity contribution in [3.05, 3.63) is 81.5 Å². The van der Waals surface area contributed by atoms with Crippen molar-refractivity contribution >= 4 is 16.8 Å². The molecule has 0 fully saturated rings. The van der Waals surface area contributed by atoms with Crippen molar-refractivity contribution in [2.75, 3.05) is 13.2 Å². The second-order valence-electron chi connectivity index (χ2n) is 6.68. The van der Waals surface area contributed by atoms with E-state index in [0.29, 0.717) is 34.5 Å². The number of hydrogen-bond acceptors (Lipinski definition) is 4. The zero-order valence-corrected chi connectivity index (χ0v) is 15.7. The van der Waals surface area contributed by atoms with Gasteiger partial charge in [0.05, 0.1) is 12.0 Å². The van der Waals surface area contributed by atoms with E-state index in [4.69, 9.17) is 9.15 Å². The maximum Gasteiger partial charge on any atom is 0.196 e. The molecule has 0 spiro atoms. The van der Waals surface area contributed by atoms with Crippen molar-refractivity contribution in [1.29, 1.82) is 0 Å². The highest BCUT2D eigenvalue weighted by Gasteiger charge is 2.14. The van der Waals surface area contributed by atoms with Crippen LogP contribution in [0.4, 0.5) is 0 Å². The van der Waals surface area contributed by atoms with E-state index in [-0.39, 0.29) is 17.8 Å². The van der Waals surface area contributed by atoms with Crippen molar-refractivity contribution in [1.82, 2.24) is 0 Å². The molecule has 2 aromatic carbocycles. The molecule has 0 radical (unpaired) electrons. The van der Waals surface area contributed by atoms with Crippen molar-refractivity contribution in [2.45, 2.75) is 20.8 Å².